The third-order valence-electron chi connectivity index (χ3n) is 3.40. The maximum absolute atomic E-state index is 9.17. The van der Waals surface area contributed by atoms with Crippen LogP contribution in [-0.2, 0) is 0 Å². The number of anilines is 1. The lowest BCUT2D eigenvalue weighted by molar-refractivity contribution is 0.425. The van der Waals surface area contributed by atoms with Crippen LogP contribution in [0.1, 0.15) is 26.2 Å². The van der Waals surface area contributed by atoms with Gasteiger partial charge in [-0.25, -0.2) is 0 Å². The van der Waals surface area contributed by atoms with Crippen LogP contribution in [0.15, 0.2) is 22.7 Å². The van der Waals surface area contributed by atoms with E-state index in [9.17, 15) is 0 Å². The minimum atomic E-state index is -1.42. The van der Waals surface area contributed by atoms with E-state index < -0.39 is 7.12 Å². The van der Waals surface area contributed by atoms with Crippen LogP contribution in [-0.4, -0.2) is 29.8 Å². The second-order valence-electron chi connectivity index (χ2n) is 4.62. The molecular weight excluding hydrogens is 281 g/mol. The first-order chi connectivity index (χ1) is 8.09. The van der Waals surface area contributed by atoms with Crippen molar-refractivity contribution in [3.63, 3.8) is 0 Å². The first-order valence-electron chi connectivity index (χ1n) is 6.02. The molecule has 0 saturated carbocycles. The summed E-state index contributed by atoms with van der Waals surface area (Å²) in [6.45, 7) is 3.32. The number of piperidine rings is 1. The van der Waals surface area contributed by atoms with Gasteiger partial charge in [0, 0.05) is 22.7 Å². The summed E-state index contributed by atoms with van der Waals surface area (Å²) in [7, 11) is -1.42. The van der Waals surface area contributed by atoms with E-state index in [2.05, 4.69) is 27.8 Å². The Morgan fingerprint density at radius 2 is 2.12 bits per heavy atom. The molecule has 1 aromatic carbocycles. The molecule has 17 heavy (non-hydrogen) atoms. The molecular formula is C12H17BBrNO2. The van der Waals surface area contributed by atoms with E-state index in [-0.39, 0.29) is 0 Å². The molecule has 0 aromatic heterocycles. The summed E-state index contributed by atoms with van der Waals surface area (Å²) in [5.41, 5.74) is 1.66. The van der Waals surface area contributed by atoms with Crippen LogP contribution in [0.25, 0.3) is 0 Å². The van der Waals surface area contributed by atoms with Crippen LogP contribution < -0.4 is 10.4 Å². The largest absolute Gasteiger partial charge is 0.489 e. The predicted octanol–water partition coefficient (Wildman–Crippen LogP) is 1.51. The summed E-state index contributed by atoms with van der Waals surface area (Å²) in [5.74, 6) is 0. The summed E-state index contributed by atoms with van der Waals surface area (Å²) >= 11 is 3.39. The van der Waals surface area contributed by atoms with Crippen molar-refractivity contribution >= 4 is 34.2 Å². The lowest BCUT2D eigenvalue weighted by atomic mass is 9.80. The van der Waals surface area contributed by atoms with Crippen LogP contribution in [0, 0.1) is 0 Å². The summed E-state index contributed by atoms with van der Waals surface area (Å²) in [6, 6.07) is 6.25. The van der Waals surface area contributed by atoms with Gasteiger partial charge in [-0.15, -0.1) is 0 Å². The van der Waals surface area contributed by atoms with Gasteiger partial charge in [0.2, 0.25) is 0 Å². The van der Waals surface area contributed by atoms with Gasteiger partial charge in [0.05, 0.1) is 0 Å². The van der Waals surface area contributed by atoms with Crippen LogP contribution in [0.4, 0.5) is 5.69 Å². The SMILES string of the molecule is CC1CCCCN1c1ccc(B(O)O)c(Br)c1. The van der Waals surface area contributed by atoms with Gasteiger partial charge < -0.3 is 14.9 Å². The zero-order chi connectivity index (χ0) is 12.4. The highest BCUT2D eigenvalue weighted by atomic mass is 79.9. The van der Waals surface area contributed by atoms with Crippen molar-refractivity contribution in [3.8, 4) is 0 Å². The number of nitrogens with zero attached hydrogens (tertiary/aromatic N) is 1. The second kappa shape index (κ2) is 5.42. The van der Waals surface area contributed by atoms with Crippen molar-refractivity contribution in [1.82, 2.24) is 0 Å². The Morgan fingerprint density at radius 1 is 1.35 bits per heavy atom. The number of rotatable bonds is 2. The smallest absolute Gasteiger partial charge is 0.423 e. The van der Waals surface area contributed by atoms with Gasteiger partial charge >= 0.3 is 7.12 Å². The van der Waals surface area contributed by atoms with E-state index in [0.29, 0.717) is 11.5 Å². The van der Waals surface area contributed by atoms with Crippen molar-refractivity contribution in [2.24, 2.45) is 0 Å². The average Bonchev–Trinajstić information content (AvgIpc) is 2.29. The molecule has 3 nitrogen and oxygen atoms in total. The van der Waals surface area contributed by atoms with Crippen molar-refractivity contribution in [2.45, 2.75) is 32.2 Å². The Kier molecular flexibility index (Phi) is 4.12. The highest BCUT2D eigenvalue weighted by molar-refractivity contribution is 9.10. The minimum absolute atomic E-state index is 0.512. The number of benzene rings is 1. The third-order valence-corrected chi connectivity index (χ3v) is 4.08. The Labute approximate surface area is 111 Å². The van der Waals surface area contributed by atoms with Gasteiger partial charge in [0.25, 0.3) is 0 Å². The van der Waals surface area contributed by atoms with Crippen molar-refractivity contribution < 1.29 is 10.0 Å². The highest BCUT2D eigenvalue weighted by Gasteiger charge is 2.21. The van der Waals surface area contributed by atoms with Gasteiger partial charge in [-0.3, -0.25) is 0 Å². The Balaban J connectivity index is 2.24. The molecule has 1 aromatic rings. The zero-order valence-electron chi connectivity index (χ0n) is 9.93. The van der Waals surface area contributed by atoms with Crippen LogP contribution in [0.2, 0.25) is 0 Å². The predicted molar refractivity (Wildman–Crippen MR) is 74.6 cm³/mol. The number of halogens is 1. The van der Waals surface area contributed by atoms with Crippen molar-refractivity contribution in [3.05, 3.63) is 22.7 Å². The molecule has 0 spiro atoms. The highest BCUT2D eigenvalue weighted by Crippen LogP contribution is 2.26. The summed E-state index contributed by atoms with van der Waals surface area (Å²) in [4.78, 5) is 2.38. The third kappa shape index (κ3) is 2.84. The van der Waals surface area contributed by atoms with Crippen LogP contribution in [0.3, 0.4) is 0 Å². The first-order valence-corrected chi connectivity index (χ1v) is 6.81. The molecule has 5 heteroatoms. The van der Waals surface area contributed by atoms with Gasteiger partial charge in [0.1, 0.15) is 0 Å². The molecule has 1 aliphatic heterocycles. The van der Waals surface area contributed by atoms with E-state index in [4.69, 9.17) is 10.0 Å². The molecule has 0 bridgehead atoms. The summed E-state index contributed by atoms with van der Waals surface area (Å²) in [5, 5.41) is 18.3. The second-order valence-corrected chi connectivity index (χ2v) is 5.47. The average molecular weight is 298 g/mol. The standard InChI is InChI=1S/C12H17BBrNO2/c1-9-4-2-3-7-15(9)10-5-6-11(13(16)17)12(14)8-10/h5-6,8-9,16-17H,2-4,7H2,1H3. The minimum Gasteiger partial charge on any atom is -0.423 e. The summed E-state index contributed by atoms with van der Waals surface area (Å²) < 4.78 is 0.753. The van der Waals surface area contributed by atoms with Gasteiger partial charge in [-0.2, -0.15) is 0 Å². The fraction of sp³-hybridized carbons (Fsp3) is 0.500. The van der Waals surface area contributed by atoms with E-state index in [1.165, 1.54) is 19.3 Å². The monoisotopic (exact) mass is 297 g/mol. The van der Waals surface area contributed by atoms with Crippen molar-refractivity contribution in [1.29, 1.82) is 0 Å². The van der Waals surface area contributed by atoms with E-state index in [0.717, 1.165) is 16.7 Å². The number of hydrogen-bond acceptors (Lipinski definition) is 3. The lowest BCUT2D eigenvalue weighted by Crippen LogP contribution is -2.38. The van der Waals surface area contributed by atoms with Gasteiger partial charge in [0.15, 0.2) is 0 Å². The lowest BCUT2D eigenvalue weighted by Gasteiger charge is -2.35. The fourth-order valence-electron chi connectivity index (χ4n) is 2.39. The molecule has 0 radical (unpaired) electrons. The molecule has 0 aliphatic carbocycles. The topological polar surface area (TPSA) is 43.7 Å². The molecule has 1 heterocycles. The molecule has 1 fully saturated rings. The Hall–Kier alpha value is -0.515. The molecule has 1 atom stereocenters. The fourth-order valence-corrected chi connectivity index (χ4v) is 2.96. The summed E-state index contributed by atoms with van der Waals surface area (Å²) in [6.07, 6.45) is 3.75. The van der Waals surface area contributed by atoms with E-state index >= 15 is 0 Å². The molecule has 0 amide bonds. The van der Waals surface area contributed by atoms with Gasteiger partial charge in [-0.05, 0) is 43.8 Å². The van der Waals surface area contributed by atoms with E-state index in [1.54, 1.807) is 6.07 Å². The van der Waals surface area contributed by atoms with Crippen LogP contribution in [0.5, 0.6) is 0 Å². The van der Waals surface area contributed by atoms with Crippen molar-refractivity contribution in [2.75, 3.05) is 11.4 Å². The maximum Gasteiger partial charge on any atom is 0.489 e. The Morgan fingerprint density at radius 3 is 2.71 bits per heavy atom. The first kappa shape index (κ1) is 12.9. The van der Waals surface area contributed by atoms with Gasteiger partial charge in [-0.1, -0.05) is 22.0 Å². The zero-order valence-corrected chi connectivity index (χ0v) is 11.5. The quantitative estimate of drug-likeness (QED) is 0.813. The number of hydrogen-bond donors (Lipinski definition) is 2. The normalized spacial score (nSPS) is 20.5. The molecule has 2 N–H and O–H groups in total. The molecule has 2 rings (SSSR count). The molecule has 1 saturated heterocycles. The maximum atomic E-state index is 9.17. The molecule has 92 valence electrons. The molecule has 1 unspecified atom stereocenters. The molecule has 1 aliphatic rings. The van der Waals surface area contributed by atoms with E-state index in [1.807, 2.05) is 12.1 Å². The Bertz CT molecular complexity index is 400. The van der Waals surface area contributed by atoms with Crippen LogP contribution >= 0.6 is 15.9 Å².